The molecule has 2 aliphatic rings. The summed E-state index contributed by atoms with van der Waals surface area (Å²) in [4.78, 5) is 15.6. The van der Waals surface area contributed by atoms with E-state index in [9.17, 15) is 4.79 Å². The monoisotopic (exact) mass is 400 g/mol. The van der Waals surface area contributed by atoms with E-state index >= 15 is 0 Å². The molecule has 5 nitrogen and oxygen atoms in total. The first-order valence-corrected chi connectivity index (χ1v) is 10.2. The highest BCUT2D eigenvalue weighted by molar-refractivity contribution is 8.09. The van der Waals surface area contributed by atoms with Gasteiger partial charge in [-0.3, -0.25) is 4.79 Å². The molecule has 0 aromatic carbocycles. The third kappa shape index (κ3) is 3.45. The Labute approximate surface area is 167 Å². The average Bonchev–Trinajstić information content (AvgIpc) is 3.10. The van der Waals surface area contributed by atoms with E-state index in [-0.39, 0.29) is 5.91 Å². The largest absolute Gasteiger partial charge is 0.335 e. The summed E-state index contributed by atoms with van der Waals surface area (Å²) in [7, 11) is 0. The first kappa shape index (κ1) is 18.3. The van der Waals surface area contributed by atoms with Gasteiger partial charge in [0, 0.05) is 43.0 Å². The molecule has 140 valence electrons. The van der Waals surface area contributed by atoms with Crippen LogP contribution < -0.4 is 5.32 Å². The summed E-state index contributed by atoms with van der Waals surface area (Å²) in [6.45, 7) is 6.30. The Kier molecular flexibility index (Phi) is 5.12. The number of piperazine rings is 1. The van der Waals surface area contributed by atoms with Crippen molar-refractivity contribution in [3.63, 3.8) is 0 Å². The van der Waals surface area contributed by atoms with Crippen molar-refractivity contribution in [3.8, 4) is 0 Å². The Morgan fingerprint density at radius 3 is 3.07 bits per heavy atom. The SMILES string of the molecule is C/C=C1/C=C(C(=O)N2CCNC(C)C2)SC(Cl)=C1c1cnn2ccccc12. The molecule has 1 unspecified atom stereocenters. The second-order valence-electron chi connectivity index (χ2n) is 6.70. The summed E-state index contributed by atoms with van der Waals surface area (Å²) in [6.07, 6.45) is 7.69. The second kappa shape index (κ2) is 7.54. The fraction of sp³-hybridized carbons (Fsp3) is 0.300. The zero-order valence-corrected chi connectivity index (χ0v) is 16.8. The minimum Gasteiger partial charge on any atom is -0.335 e. The number of carbonyl (C=O) groups is 1. The third-order valence-corrected chi connectivity index (χ3v) is 6.16. The fourth-order valence-corrected chi connectivity index (χ4v) is 4.88. The molecular formula is C20H21ClN4OS. The number of allylic oxidation sites excluding steroid dienone is 4. The Balaban J connectivity index is 1.67. The molecule has 0 bridgehead atoms. The van der Waals surface area contributed by atoms with Crippen molar-refractivity contribution in [2.45, 2.75) is 19.9 Å². The van der Waals surface area contributed by atoms with Gasteiger partial charge in [-0.25, -0.2) is 4.52 Å². The fourth-order valence-electron chi connectivity index (χ4n) is 3.50. The average molecular weight is 401 g/mol. The molecule has 0 radical (unpaired) electrons. The summed E-state index contributed by atoms with van der Waals surface area (Å²) in [5, 5.41) is 7.78. The highest BCUT2D eigenvalue weighted by Crippen LogP contribution is 2.45. The van der Waals surface area contributed by atoms with Crippen molar-refractivity contribution >= 4 is 40.4 Å². The Morgan fingerprint density at radius 2 is 2.30 bits per heavy atom. The van der Waals surface area contributed by atoms with Crippen LogP contribution in [0.1, 0.15) is 19.4 Å². The molecule has 1 saturated heterocycles. The Hall–Kier alpha value is -2.02. The first-order chi connectivity index (χ1) is 13.1. The standard InChI is InChI=1S/C20H21ClN4OS/c1-3-14-10-17(20(26)24-9-7-22-13(2)12-24)27-19(21)18(14)15-11-23-25-8-5-4-6-16(15)25/h3-6,8,10-11,13,22H,7,9,12H2,1-2H3/b14-3-. The van der Waals surface area contributed by atoms with E-state index in [1.54, 1.807) is 0 Å². The summed E-state index contributed by atoms with van der Waals surface area (Å²) < 4.78 is 2.44. The van der Waals surface area contributed by atoms with Gasteiger partial charge in [0.15, 0.2) is 0 Å². The highest BCUT2D eigenvalue weighted by atomic mass is 35.5. The normalized spacial score (nSPS) is 22.5. The van der Waals surface area contributed by atoms with Crippen LogP contribution in [0.25, 0.3) is 11.1 Å². The van der Waals surface area contributed by atoms with Crippen molar-refractivity contribution < 1.29 is 4.79 Å². The molecule has 27 heavy (non-hydrogen) atoms. The van der Waals surface area contributed by atoms with Crippen LogP contribution >= 0.6 is 23.4 Å². The minimum atomic E-state index is 0.0461. The summed E-state index contributed by atoms with van der Waals surface area (Å²) in [5.41, 5.74) is 3.84. The number of hydrogen-bond donors (Lipinski definition) is 1. The Bertz CT molecular complexity index is 991. The van der Waals surface area contributed by atoms with Crippen molar-refractivity contribution in [2.75, 3.05) is 19.6 Å². The van der Waals surface area contributed by atoms with E-state index < -0.39 is 0 Å². The number of fused-ring (bicyclic) bond motifs is 1. The lowest BCUT2D eigenvalue weighted by molar-refractivity contribution is -0.127. The maximum atomic E-state index is 13.0. The molecule has 0 spiro atoms. The molecule has 1 amide bonds. The molecule has 4 heterocycles. The van der Waals surface area contributed by atoms with Gasteiger partial charge in [0.2, 0.25) is 0 Å². The number of halogens is 1. The van der Waals surface area contributed by atoms with E-state index in [4.69, 9.17) is 11.6 Å². The highest BCUT2D eigenvalue weighted by Gasteiger charge is 2.29. The molecule has 7 heteroatoms. The lowest BCUT2D eigenvalue weighted by Gasteiger charge is -2.33. The van der Waals surface area contributed by atoms with Crippen LogP contribution in [0.2, 0.25) is 0 Å². The lowest BCUT2D eigenvalue weighted by Crippen LogP contribution is -2.51. The van der Waals surface area contributed by atoms with Crippen LogP contribution in [0.5, 0.6) is 0 Å². The van der Waals surface area contributed by atoms with Gasteiger partial charge in [-0.15, -0.1) is 0 Å². The van der Waals surface area contributed by atoms with Gasteiger partial charge in [0.25, 0.3) is 5.91 Å². The van der Waals surface area contributed by atoms with E-state index in [0.717, 1.165) is 28.8 Å². The molecule has 1 fully saturated rings. The number of hydrogen-bond acceptors (Lipinski definition) is 4. The maximum Gasteiger partial charge on any atom is 0.260 e. The molecular weight excluding hydrogens is 380 g/mol. The van der Waals surface area contributed by atoms with Gasteiger partial charge in [0.05, 0.1) is 21.0 Å². The zero-order chi connectivity index (χ0) is 19.0. The van der Waals surface area contributed by atoms with Gasteiger partial charge in [0.1, 0.15) is 0 Å². The van der Waals surface area contributed by atoms with Crippen LogP contribution in [-0.2, 0) is 4.79 Å². The number of nitrogens with one attached hydrogen (secondary N) is 1. The number of amides is 1. The number of thioether (sulfide) groups is 1. The molecule has 1 atom stereocenters. The van der Waals surface area contributed by atoms with Crippen LogP contribution in [0.3, 0.4) is 0 Å². The number of carbonyl (C=O) groups excluding carboxylic acids is 1. The van der Waals surface area contributed by atoms with E-state index in [0.29, 0.717) is 28.4 Å². The quantitative estimate of drug-likeness (QED) is 0.836. The number of aromatic nitrogens is 2. The van der Waals surface area contributed by atoms with Crippen LogP contribution in [0, 0.1) is 0 Å². The predicted octanol–water partition coefficient (Wildman–Crippen LogP) is 3.64. The van der Waals surface area contributed by atoms with Crippen molar-refractivity contribution in [1.82, 2.24) is 19.8 Å². The van der Waals surface area contributed by atoms with E-state index in [1.165, 1.54) is 11.8 Å². The predicted molar refractivity (Wildman–Crippen MR) is 111 cm³/mol. The van der Waals surface area contributed by atoms with Gasteiger partial charge < -0.3 is 10.2 Å². The van der Waals surface area contributed by atoms with Crippen LogP contribution in [0.4, 0.5) is 0 Å². The lowest BCUT2D eigenvalue weighted by atomic mass is 9.99. The smallest absolute Gasteiger partial charge is 0.260 e. The number of nitrogens with zero attached hydrogens (tertiary/aromatic N) is 3. The summed E-state index contributed by atoms with van der Waals surface area (Å²) in [5.74, 6) is 0.0461. The van der Waals surface area contributed by atoms with Gasteiger partial charge in [-0.2, -0.15) is 5.10 Å². The molecule has 4 rings (SSSR count). The van der Waals surface area contributed by atoms with E-state index in [1.807, 2.05) is 59.1 Å². The maximum absolute atomic E-state index is 13.0. The van der Waals surface area contributed by atoms with Crippen LogP contribution in [-0.4, -0.2) is 46.1 Å². The van der Waals surface area contributed by atoms with Crippen molar-refractivity contribution in [2.24, 2.45) is 0 Å². The molecule has 2 aromatic rings. The van der Waals surface area contributed by atoms with E-state index in [2.05, 4.69) is 17.3 Å². The van der Waals surface area contributed by atoms with Crippen molar-refractivity contribution in [3.05, 3.63) is 63.2 Å². The first-order valence-electron chi connectivity index (χ1n) is 9.00. The zero-order valence-electron chi connectivity index (χ0n) is 15.3. The van der Waals surface area contributed by atoms with Crippen LogP contribution in [0.15, 0.2) is 57.6 Å². The van der Waals surface area contributed by atoms with Crippen molar-refractivity contribution in [1.29, 1.82) is 0 Å². The Morgan fingerprint density at radius 1 is 1.44 bits per heavy atom. The van der Waals surface area contributed by atoms with Gasteiger partial charge >= 0.3 is 0 Å². The molecule has 0 saturated carbocycles. The number of pyridine rings is 1. The minimum absolute atomic E-state index is 0.0461. The molecule has 1 N–H and O–H groups in total. The molecule has 0 aliphatic carbocycles. The van der Waals surface area contributed by atoms with Gasteiger partial charge in [-0.05, 0) is 37.6 Å². The second-order valence-corrected chi connectivity index (χ2v) is 8.35. The molecule has 2 aromatic heterocycles. The number of rotatable bonds is 2. The summed E-state index contributed by atoms with van der Waals surface area (Å²) >= 11 is 8.04. The topological polar surface area (TPSA) is 49.6 Å². The summed E-state index contributed by atoms with van der Waals surface area (Å²) in [6, 6.07) is 6.25. The van der Waals surface area contributed by atoms with Gasteiger partial charge in [-0.1, -0.05) is 35.5 Å². The third-order valence-electron chi connectivity index (χ3n) is 4.84. The molecule has 2 aliphatic heterocycles.